The third kappa shape index (κ3) is 3.97. The van der Waals surface area contributed by atoms with E-state index in [1.54, 1.807) is 0 Å². The molecule has 104 valence electrons. The molecule has 5 heteroatoms. The molecule has 18 heavy (non-hydrogen) atoms. The molecule has 2 rings (SSSR count). The van der Waals surface area contributed by atoms with E-state index in [1.165, 1.54) is 5.56 Å². The Morgan fingerprint density at radius 1 is 1.44 bits per heavy atom. The van der Waals surface area contributed by atoms with Crippen LogP contribution in [-0.2, 0) is 12.1 Å². The summed E-state index contributed by atoms with van der Waals surface area (Å²) in [4.78, 5) is 2.49. The Morgan fingerprint density at radius 3 is 2.72 bits per heavy atom. The van der Waals surface area contributed by atoms with Crippen LogP contribution in [0.4, 0.5) is 0 Å². The highest BCUT2D eigenvalue weighted by Crippen LogP contribution is 2.14. The standard InChI is InChI=1S/C13H24N4.ClH/c1-11-8-16(6-5-14-11)9-12-7-15-17(10-12)13(2,3)4;/h7,10-11,14H,5-6,8-9H2,1-4H3;1H/t11-;/m1./s1. The Labute approximate surface area is 116 Å². The fourth-order valence-corrected chi connectivity index (χ4v) is 2.22. The second kappa shape index (κ2) is 6.04. The van der Waals surface area contributed by atoms with Gasteiger partial charge in [-0.05, 0) is 27.7 Å². The zero-order valence-corrected chi connectivity index (χ0v) is 12.6. The van der Waals surface area contributed by atoms with Gasteiger partial charge in [0.15, 0.2) is 0 Å². The molecule has 4 nitrogen and oxygen atoms in total. The van der Waals surface area contributed by atoms with Crippen molar-refractivity contribution < 1.29 is 0 Å². The molecule has 1 saturated heterocycles. The average molecular weight is 273 g/mol. The molecule has 1 N–H and O–H groups in total. The van der Waals surface area contributed by atoms with Crippen LogP contribution >= 0.6 is 12.4 Å². The molecule has 0 saturated carbocycles. The first kappa shape index (κ1) is 15.5. The number of aromatic nitrogens is 2. The smallest absolute Gasteiger partial charge is 0.0543 e. The van der Waals surface area contributed by atoms with E-state index < -0.39 is 0 Å². The molecule has 1 aromatic rings. The van der Waals surface area contributed by atoms with Crippen LogP contribution in [0.15, 0.2) is 12.4 Å². The van der Waals surface area contributed by atoms with Crippen LogP contribution in [0.1, 0.15) is 33.3 Å². The van der Waals surface area contributed by atoms with E-state index in [0.29, 0.717) is 6.04 Å². The lowest BCUT2D eigenvalue weighted by Crippen LogP contribution is -2.48. The first-order valence-electron chi connectivity index (χ1n) is 6.45. The number of piperazine rings is 1. The average Bonchev–Trinajstić information content (AvgIpc) is 2.65. The molecule has 0 bridgehead atoms. The van der Waals surface area contributed by atoms with Gasteiger partial charge in [0.1, 0.15) is 0 Å². The zero-order chi connectivity index (χ0) is 12.5. The van der Waals surface area contributed by atoms with E-state index in [4.69, 9.17) is 0 Å². The van der Waals surface area contributed by atoms with Crippen molar-refractivity contribution in [3.63, 3.8) is 0 Å². The topological polar surface area (TPSA) is 33.1 Å². The molecular weight excluding hydrogens is 248 g/mol. The molecule has 0 radical (unpaired) electrons. The Bertz CT molecular complexity index is 369. The predicted octanol–water partition coefficient (Wildman–Crippen LogP) is 1.85. The Balaban J connectivity index is 0.00000162. The van der Waals surface area contributed by atoms with Crippen LogP contribution in [0.25, 0.3) is 0 Å². The quantitative estimate of drug-likeness (QED) is 0.892. The largest absolute Gasteiger partial charge is 0.312 e. The molecule has 1 aromatic heterocycles. The molecule has 1 atom stereocenters. The second-order valence-electron chi connectivity index (χ2n) is 6.05. The summed E-state index contributed by atoms with van der Waals surface area (Å²) in [5, 5.41) is 7.91. The number of hydrogen-bond acceptors (Lipinski definition) is 3. The summed E-state index contributed by atoms with van der Waals surface area (Å²) in [6.45, 7) is 13.1. The number of hydrogen-bond donors (Lipinski definition) is 1. The predicted molar refractivity (Wildman–Crippen MR) is 77.2 cm³/mol. The minimum atomic E-state index is 0. The van der Waals surface area contributed by atoms with Gasteiger partial charge in [-0.3, -0.25) is 9.58 Å². The summed E-state index contributed by atoms with van der Waals surface area (Å²) in [6.07, 6.45) is 4.17. The highest BCUT2D eigenvalue weighted by Gasteiger charge is 2.18. The van der Waals surface area contributed by atoms with Crippen molar-refractivity contribution in [1.29, 1.82) is 0 Å². The van der Waals surface area contributed by atoms with Gasteiger partial charge >= 0.3 is 0 Å². The Kier molecular flexibility index (Phi) is 5.20. The Morgan fingerprint density at radius 2 is 2.17 bits per heavy atom. The van der Waals surface area contributed by atoms with Crippen molar-refractivity contribution >= 4 is 12.4 Å². The van der Waals surface area contributed by atoms with Gasteiger partial charge in [0, 0.05) is 44.0 Å². The molecule has 0 amide bonds. The first-order chi connectivity index (χ1) is 7.95. The van der Waals surface area contributed by atoms with Gasteiger partial charge in [0.25, 0.3) is 0 Å². The van der Waals surface area contributed by atoms with Crippen molar-refractivity contribution in [3.8, 4) is 0 Å². The number of nitrogens with zero attached hydrogens (tertiary/aromatic N) is 3. The summed E-state index contributed by atoms with van der Waals surface area (Å²) in [5.74, 6) is 0. The molecule has 0 aromatic carbocycles. The van der Waals surface area contributed by atoms with Gasteiger partial charge in [0.05, 0.1) is 11.7 Å². The van der Waals surface area contributed by atoms with E-state index >= 15 is 0 Å². The van der Waals surface area contributed by atoms with Gasteiger partial charge in [-0.1, -0.05) is 0 Å². The fraction of sp³-hybridized carbons (Fsp3) is 0.769. The molecule has 1 fully saturated rings. The number of rotatable bonds is 2. The highest BCUT2D eigenvalue weighted by molar-refractivity contribution is 5.85. The van der Waals surface area contributed by atoms with Crippen molar-refractivity contribution in [1.82, 2.24) is 20.0 Å². The van der Waals surface area contributed by atoms with E-state index in [1.807, 2.05) is 10.9 Å². The van der Waals surface area contributed by atoms with Crippen molar-refractivity contribution in [2.75, 3.05) is 19.6 Å². The SMILES string of the molecule is C[C@@H]1CN(Cc2cnn(C(C)(C)C)c2)CCN1.Cl. The van der Waals surface area contributed by atoms with Crippen LogP contribution in [0.5, 0.6) is 0 Å². The van der Waals surface area contributed by atoms with Gasteiger partial charge in [0.2, 0.25) is 0 Å². The minimum Gasteiger partial charge on any atom is -0.312 e. The number of nitrogens with one attached hydrogen (secondary N) is 1. The molecule has 0 spiro atoms. The van der Waals surface area contributed by atoms with E-state index in [0.717, 1.165) is 26.2 Å². The normalized spacial score (nSPS) is 21.7. The van der Waals surface area contributed by atoms with Gasteiger partial charge in [-0.25, -0.2) is 0 Å². The maximum absolute atomic E-state index is 4.45. The summed E-state index contributed by atoms with van der Waals surface area (Å²) in [7, 11) is 0. The van der Waals surface area contributed by atoms with Crippen molar-refractivity contribution in [3.05, 3.63) is 18.0 Å². The number of halogens is 1. The van der Waals surface area contributed by atoms with E-state index in [-0.39, 0.29) is 17.9 Å². The molecule has 1 aliphatic rings. The highest BCUT2D eigenvalue weighted by atomic mass is 35.5. The van der Waals surface area contributed by atoms with Crippen LogP contribution in [-0.4, -0.2) is 40.4 Å². The molecular formula is C13H25ClN4. The second-order valence-corrected chi connectivity index (χ2v) is 6.05. The van der Waals surface area contributed by atoms with Crippen LogP contribution < -0.4 is 5.32 Å². The molecule has 0 aliphatic carbocycles. The van der Waals surface area contributed by atoms with Crippen LogP contribution in [0.3, 0.4) is 0 Å². The van der Waals surface area contributed by atoms with E-state index in [2.05, 4.69) is 49.2 Å². The third-order valence-corrected chi connectivity index (χ3v) is 3.18. The summed E-state index contributed by atoms with van der Waals surface area (Å²) < 4.78 is 2.05. The van der Waals surface area contributed by atoms with Crippen LogP contribution in [0, 0.1) is 0 Å². The minimum absolute atomic E-state index is 0. The lowest BCUT2D eigenvalue weighted by molar-refractivity contribution is 0.199. The van der Waals surface area contributed by atoms with Gasteiger partial charge in [-0.15, -0.1) is 12.4 Å². The maximum atomic E-state index is 4.45. The Hall–Kier alpha value is -0.580. The fourth-order valence-electron chi connectivity index (χ4n) is 2.22. The molecule has 1 aliphatic heterocycles. The van der Waals surface area contributed by atoms with Crippen LogP contribution in [0.2, 0.25) is 0 Å². The first-order valence-corrected chi connectivity index (χ1v) is 6.45. The lowest BCUT2D eigenvalue weighted by atomic mass is 10.1. The maximum Gasteiger partial charge on any atom is 0.0543 e. The van der Waals surface area contributed by atoms with Gasteiger partial charge < -0.3 is 5.32 Å². The summed E-state index contributed by atoms with van der Waals surface area (Å²) >= 11 is 0. The monoisotopic (exact) mass is 272 g/mol. The summed E-state index contributed by atoms with van der Waals surface area (Å²) in [5.41, 5.74) is 1.39. The molecule has 0 unspecified atom stereocenters. The zero-order valence-electron chi connectivity index (χ0n) is 11.8. The van der Waals surface area contributed by atoms with E-state index in [9.17, 15) is 0 Å². The van der Waals surface area contributed by atoms with Crippen molar-refractivity contribution in [2.45, 2.75) is 45.8 Å². The lowest BCUT2D eigenvalue weighted by Gasteiger charge is -2.31. The third-order valence-electron chi connectivity index (χ3n) is 3.18. The van der Waals surface area contributed by atoms with Gasteiger partial charge in [-0.2, -0.15) is 5.10 Å². The molecule has 2 heterocycles. The summed E-state index contributed by atoms with van der Waals surface area (Å²) in [6, 6.07) is 0.599. The van der Waals surface area contributed by atoms with Crippen molar-refractivity contribution in [2.24, 2.45) is 0 Å².